The first-order valence-electron chi connectivity index (χ1n) is 7.66. The number of aliphatic hydroxyl groups is 1. The van der Waals surface area contributed by atoms with Crippen LogP contribution >= 0.6 is 12.4 Å². The Morgan fingerprint density at radius 2 is 1.73 bits per heavy atom. The van der Waals surface area contributed by atoms with E-state index in [9.17, 15) is 24.9 Å². The van der Waals surface area contributed by atoms with E-state index in [1.807, 2.05) is 6.07 Å². The van der Waals surface area contributed by atoms with Crippen molar-refractivity contribution in [3.05, 3.63) is 41.5 Å². The molecule has 26 heavy (non-hydrogen) atoms. The fourth-order valence-corrected chi connectivity index (χ4v) is 3.42. The number of rotatable bonds is 1. The monoisotopic (exact) mass is 374 g/mol. The number of benzene rings is 3. The summed E-state index contributed by atoms with van der Waals surface area (Å²) in [7, 11) is 1.53. The molecule has 1 aliphatic carbocycles. The van der Waals surface area contributed by atoms with Crippen LogP contribution in [0.5, 0.6) is 17.2 Å². The maximum absolute atomic E-state index is 12.2. The van der Waals surface area contributed by atoms with Crippen LogP contribution in [0.15, 0.2) is 30.3 Å². The van der Waals surface area contributed by atoms with Gasteiger partial charge in [-0.05, 0) is 23.6 Å². The smallest absolute Gasteiger partial charge is 0.203 e. The largest absolute Gasteiger partial charge is 0.507 e. The summed E-state index contributed by atoms with van der Waals surface area (Å²) >= 11 is 0. The number of Topliss-reactive ketones (excluding diaryl/α,β-unsaturated/α-hetero) is 2. The van der Waals surface area contributed by atoms with Gasteiger partial charge >= 0.3 is 0 Å². The van der Waals surface area contributed by atoms with Crippen molar-refractivity contribution < 1.29 is 29.6 Å². The lowest BCUT2D eigenvalue weighted by atomic mass is 9.83. The molecule has 0 spiro atoms. The van der Waals surface area contributed by atoms with Crippen LogP contribution in [0.4, 0.5) is 0 Å². The highest BCUT2D eigenvalue weighted by Gasteiger charge is 2.37. The van der Waals surface area contributed by atoms with Crippen LogP contribution in [-0.4, -0.2) is 40.1 Å². The first-order valence-corrected chi connectivity index (χ1v) is 7.66. The number of carbonyl (C=O) groups is 2. The molecule has 0 saturated carbocycles. The molecule has 134 valence electrons. The van der Waals surface area contributed by atoms with Crippen LogP contribution in [0.25, 0.3) is 21.5 Å². The average Bonchev–Trinajstić information content (AvgIpc) is 2.62. The van der Waals surface area contributed by atoms with Gasteiger partial charge in [0, 0.05) is 28.1 Å². The van der Waals surface area contributed by atoms with E-state index in [2.05, 4.69) is 0 Å². The summed E-state index contributed by atoms with van der Waals surface area (Å²) in [4.78, 5) is 24.0. The Balaban J connectivity index is 0.00000196. The van der Waals surface area contributed by atoms with Gasteiger partial charge in [-0.3, -0.25) is 9.59 Å². The molecule has 0 amide bonds. The molecule has 6 nitrogen and oxygen atoms in total. The van der Waals surface area contributed by atoms with Crippen LogP contribution in [0.1, 0.15) is 15.9 Å². The summed E-state index contributed by atoms with van der Waals surface area (Å²) in [5.74, 6) is -1.59. The zero-order chi connectivity index (χ0) is 17.9. The highest BCUT2D eigenvalue weighted by Crippen LogP contribution is 2.44. The number of halogens is 1. The predicted molar refractivity (Wildman–Crippen MR) is 97.6 cm³/mol. The van der Waals surface area contributed by atoms with Crippen molar-refractivity contribution in [2.75, 3.05) is 7.11 Å². The molecule has 3 aromatic carbocycles. The van der Waals surface area contributed by atoms with Gasteiger partial charge in [0.2, 0.25) is 5.78 Å². The maximum Gasteiger partial charge on any atom is 0.203 e. The van der Waals surface area contributed by atoms with E-state index in [0.717, 1.165) is 10.8 Å². The molecule has 3 aromatic rings. The first-order chi connectivity index (χ1) is 11.9. The molecule has 7 heteroatoms. The van der Waals surface area contributed by atoms with Gasteiger partial charge in [0.25, 0.3) is 0 Å². The number of hydrogen-bond acceptors (Lipinski definition) is 6. The summed E-state index contributed by atoms with van der Waals surface area (Å²) in [6, 6.07) is 8.66. The quantitative estimate of drug-likeness (QED) is 0.343. The summed E-state index contributed by atoms with van der Waals surface area (Å²) in [5, 5.41) is 33.0. The van der Waals surface area contributed by atoms with Crippen LogP contribution in [0.2, 0.25) is 0 Å². The average molecular weight is 375 g/mol. The zero-order valence-electron chi connectivity index (χ0n) is 13.6. The Hall–Kier alpha value is -2.83. The van der Waals surface area contributed by atoms with Crippen LogP contribution in [0.3, 0.4) is 0 Å². The second kappa shape index (κ2) is 6.16. The fourth-order valence-electron chi connectivity index (χ4n) is 3.42. The molecule has 1 atom stereocenters. The predicted octanol–water partition coefficient (Wildman–Crippen LogP) is 2.50. The third-order valence-electron chi connectivity index (χ3n) is 4.68. The normalized spacial score (nSPS) is 16.5. The number of ketones is 2. The lowest BCUT2D eigenvalue weighted by Gasteiger charge is -2.22. The Morgan fingerprint density at radius 1 is 1.04 bits per heavy atom. The molecule has 1 aliphatic rings. The molecule has 0 bridgehead atoms. The number of phenols is 2. The third kappa shape index (κ3) is 2.30. The van der Waals surface area contributed by atoms with Gasteiger partial charge < -0.3 is 20.1 Å². The van der Waals surface area contributed by atoms with Crippen molar-refractivity contribution in [3.63, 3.8) is 0 Å². The first kappa shape index (κ1) is 18.0. The van der Waals surface area contributed by atoms with E-state index in [-0.39, 0.29) is 46.8 Å². The molecule has 4 rings (SSSR count). The molecule has 1 unspecified atom stereocenters. The van der Waals surface area contributed by atoms with E-state index >= 15 is 0 Å². The fraction of sp³-hybridized carbons (Fsp3) is 0.158. The minimum atomic E-state index is -1.81. The van der Waals surface area contributed by atoms with Crippen molar-refractivity contribution in [2.24, 2.45) is 0 Å². The minimum Gasteiger partial charge on any atom is -0.507 e. The van der Waals surface area contributed by atoms with E-state index < -0.39 is 17.7 Å². The SMILES string of the molecule is COc1cccc2cc3c(O)c4c(c(O)c3cc12)CC(=O)C(O)C4=O.Cl. The van der Waals surface area contributed by atoms with Crippen LogP contribution in [-0.2, 0) is 11.2 Å². The lowest BCUT2D eigenvalue weighted by Crippen LogP contribution is -2.36. The topological polar surface area (TPSA) is 104 Å². The number of fused-ring (bicyclic) bond motifs is 3. The minimum absolute atomic E-state index is 0. The molecule has 0 fully saturated rings. The Morgan fingerprint density at radius 3 is 2.42 bits per heavy atom. The standard InChI is InChI=1S/C19H14O6.ClH/c1-25-14-4-2-3-8-5-10-11(6-9(8)14)16(21)12-7-13(20)18(23)19(24)15(12)17(10)22;/h2-6,18,21-23H,7H2,1H3;1H. The highest BCUT2D eigenvalue weighted by molar-refractivity contribution is 6.22. The van der Waals surface area contributed by atoms with Crippen molar-refractivity contribution in [3.8, 4) is 17.2 Å². The van der Waals surface area contributed by atoms with Gasteiger partial charge in [-0.15, -0.1) is 12.4 Å². The number of aromatic hydroxyl groups is 2. The number of aliphatic hydroxyl groups excluding tert-OH is 1. The summed E-state index contributed by atoms with van der Waals surface area (Å²) < 4.78 is 5.32. The van der Waals surface area contributed by atoms with Gasteiger partial charge in [0.15, 0.2) is 11.9 Å². The molecule has 3 N–H and O–H groups in total. The highest BCUT2D eigenvalue weighted by atomic mass is 35.5. The van der Waals surface area contributed by atoms with Crippen molar-refractivity contribution >= 4 is 45.5 Å². The van der Waals surface area contributed by atoms with Crippen LogP contribution in [0, 0.1) is 0 Å². The zero-order valence-corrected chi connectivity index (χ0v) is 14.5. The number of phenolic OH excluding ortho intramolecular Hbond substituents is 2. The van der Waals surface area contributed by atoms with Gasteiger partial charge in [-0.2, -0.15) is 0 Å². The second-order valence-corrected chi connectivity index (χ2v) is 6.04. The lowest BCUT2D eigenvalue weighted by molar-refractivity contribution is -0.124. The second-order valence-electron chi connectivity index (χ2n) is 6.04. The van der Waals surface area contributed by atoms with Gasteiger partial charge in [-0.25, -0.2) is 0 Å². The molecule has 0 saturated heterocycles. The Bertz CT molecular complexity index is 1090. The summed E-state index contributed by atoms with van der Waals surface area (Å²) in [6.07, 6.45) is -2.13. The molecule has 0 radical (unpaired) electrons. The number of ether oxygens (including phenoxy) is 1. The summed E-state index contributed by atoms with van der Waals surface area (Å²) in [6.45, 7) is 0. The number of carbonyl (C=O) groups excluding carboxylic acids is 2. The molecular weight excluding hydrogens is 360 g/mol. The molecule has 0 aromatic heterocycles. The third-order valence-corrected chi connectivity index (χ3v) is 4.68. The molecule has 0 heterocycles. The number of methoxy groups -OCH3 is 1. The van der Waals surface area contributed by atoms with Crippen molar-refractivity contribution in [1.82, 2.24) is 0 Å². The van der Waals surface area contributed by atoms with E-state index in [4.69, 9.17) is 4.74 Å². The summed E-state index contributed by atoms with van der Waals surface area (Å²) in [5.41, 5.74) is -0.154. The molecular formula is C19H15ClO6. The Kier molecular flexibility index (Phi) is 4.26. The number of hydrogen-bond donors (Lipinski definition) is 3. The van der Waals surface area contributed by atoms with Crippen LogP contribution < -0.4 is 4.74 Å². The van der Waals surface area contributed by atoms with E-state index in [1.54, 1.807) is 24.3 Å². The van der Waals surface area contributed by atoms with Gasteiger partial charge in [0.05, 0.1) is 12.7 Å². The maximum atomic E-state index is 12.2. The van der Waals surface area contributed by atoms with Crippen molar-refractivity contribution in [2.45, 2.75) is 12.5 Å². The van der Waals surface area contributed by atoms with Gasteiger partial charge in [0.1, 0.15) is 17.2 Å². The van der Waals surface area contributed by atoms with E-state index in [1.165, 1.54) is 7.11 Å². The van der Waals surface area contributed by atoms with Gasteiger partial charge in [-0.1, -0.05) is 12.1 Å². The van der Waals surface area contributed by atoms with Crippen molar-refractivity contribution in [1.29, 1.82) is 0 Å². The van der Waals surface area contributed by atoms with E-state index in [0.29, 0.717) is 11.1 Å². The molecule has 0 aliphatic heterocycles. The Labute approximate surface area is 154 Å².